The topological polar surface area (TPSA) is 74.2 Å². The number of methoxy groups -OCH3 is 1. The molecule has 2 aliphatic rings. The molecular weight excluding hydrogens is 427 g/mol. The fourth-order valence-electron chi connectivity index (χ4n) is 5.31. The molecule has 0 radical (unpaired) electrons. The molecule has 7 heteroatoms. The summed E-state index contributed by atoms with van der Waals surface area (Å²) in [7, 11) is 3.82. The van der Waals surface area contributed by atoms with Gasteiger partial charge in [-0.2, -0.15) is 0 Å². The van der Waals surface area contributed by atoms with Crippen LogP contribution in [0.1, 0.15) is 78.6 Å². The molecule has 0 aromatic rings. The molecule has 1 N–H and O–H groups in total. The van der Waals surface area contributed by atoms with Gasteiger partial charge < -0.3 is 23.8 Å². The first-order valence-electron chi connectivity index (χ1n) is 12.4. The van der Waals surface area contributed by atoms with Gasteiger partial charge in [0, 0.05) is 34.6 Å². The average molecular weight is 473 g/mol. The van der Waals surface area contributed by atoms with Crippen molar-refractivity contribution in [1.29, 1.82) is 0 Å². The lowest BCUT2D eigenvalue weighted by atomic mass is 9.82. The fourth-order valence-corrected chi connectivity index (χ4v) is 5.63. The van der Waals surface area contributed by atoms with Crippen LogP contribution in [0.3, 0.4) is 0 Å². The molecule has 0 aromatic carbocycles. The van der Waals surface area contributed by atoms with Crippen molar-refractivity contribution < 1.29 is 28.6 Å². The maximum absolute atomic E-state index is 11.4. The van der Waals surface area contributed by atoms with E-state index in [1.165, 1.54) is 20.0 Å². The van der Waals surface area contributed by atoms with Crippen LogP contribution >= 0.6 is 9.47 Å². The van der Waals surface area contributed by atoms with E-state index in [1.807, 2.05) is 6.92 Å². The van der Waals surface area contributed by atoms with Gasteiger partial charge in [0.25, 0.3) is 0 Å². The van der Waals surface area contributed by atoms with Crippen LogP contribution in [0.15, 0.2) is 12.2 Å². The van der Waals surface area contributed by atoms with Gasteiger partial charge >= 0.3 is 5.97 Å². The van der Waals surface area contributed by atoms with E-state index < -0.39 is 5.79 Å². The Labute approximate surface area is 197 Å². The summed E-state index contributed by atoms with van der Waals surface area (Å²) in [6.45, 7) is 7.81. The first-order chi connectivity index (χ1) is 15.4. The standard InChI is InChI=1S/C25H45O6P/c1-5-6-10-19(3)25(29-14-15-30-25)13-12-21-20(22(26)17-23(21)31-32)11-8-7-9-18(2)16-24(27)28-4/h7-8,18-23,26H,5-6,9-17,32H2,1-4H3/b8-7-. The van der Waals surface area contributed by atoms with Crippen LogP contribution in [0.5, 0.6) is 0 Å². The summed E-state index contributed by atoms with van der Waals surface area (Å²) < 4.78 is 22.8. The van der Waals surface area contributed by atoms with Gasteiger partial charge in [-0.1, -0.05) is 45.8 Å². The SMILES string of the molecule is CCCCC(C)C1(CCC2C(OP)CC(O)C2C/C=C\CC(C)CC(=O)OC)OCCO1. The number of unbranched alkanes of at least 4 members (excludes halogenated alkanes) is 1. The molecule has 1 heterocycles. The number of carbonyl (C=O) groups excluding carboxylic acids is 1. The minimum absolute atomic E-state index is 0.0241. The second-order valence-electron chi connectivity index (χ2n) is 9.72. The molecule has 7 atom stereocenters. The lowest BCUT2D eigenvalue weighted by Gasteiger charge is -2.36. The Morgan fingerprint density at radius 3 is 2.59 bits per heavy atom. The van der Waals surface area contributed by atoms with Crippen molar-refractivity contribution in [3.8, 4) is 0 Å². The first kappa shape index (κ1) is 27.7. The third-order valence-electron chi connectivity index (χ3n) is 7.37. The lowest BCUT2D eigenvalue weighted by molar-refractivity contribution is -0.201. The number of esters is 1. The predicted molar refractivity (Wildman–Crippen MR) is 129 cm³/mol. The summed E-state index contributed by atoms with van der Waals surface area (Å²) in [5.74, 6) is 0.321. The van der Waals surface area contributed by atoms with E-state index in [1.54, 1.807) is 0 Å². The summed E-state index contributed by atoms with van der Waals surface area (Å²) in [4.78, 5) is 11.4. The Hall–Kier alpha value is -0.520. The molecule has 0 spiro atoms. The normalized spacial score (nSPS) is 29.4. The van der Waals surface area contributed by atoms with Crippen molar-refractivity contribution in [3.05, 3.63) is 12.2 Å². The Kier molecular flexibility index (Phi) is 12.1. The van der Waals surface area contributed by atoms with Crippen LogP contribution in [0.2, 0.25) is 0 Å². The van der Waals surface area contributed by atoms with E-state index in [0.29, 0.717) is 32.0 Å². The van der Waals surface area contributed by atoms with Crippen LogP contribution in [-0.4, -0.2) is 49.4 Å². The van der Waals surface area contributed by atoms with E-state index in [-0.39, 0.29) is 35.9 Å². The molecule has 6 nitrogen and oxygen atoms in total. The monoisotopic (exact) mass is 472 g/mol. The number of allylic oxidation sites excluding steroid dienone is 2. The van der Waals surface area contributed by atoms with E-state index in [2.05, 4.69) is 35.5 Å². The second-order valence-corrected chi connectivity index (χ2v) is 10.00. The minimum atomic E-state index is -0.502. The van der Waals surface area contributed by atoms with Gasteiger partial charge in [0.1, 0.15) is 0 Å². The van der Waals surface area contributed by atoms with Gasteiger partial charge in [0.2, 0.25) is 0 Å². The smallest absolute Gasteiger partial charge is 0.305 e. The maximum Gasteiger partial charge on any atom is 0.305 e. The van der Waals surface area contributed by atoms with Crippen LogP contribution in [0.25, 0.3) is 0 Å². The Bertz CT molecular complexity index is 577. The second kappa shape index (κ2) is 14.0. The molecule has 1 aliphatic heterocycles. The molecule has 7 unspecified atom stereocenters. The molecule has 0 amide bonds. The summed E-state index contributed by atoms with van der Waals surface area (Å²) >= 11 is 0. The number of rotatable bonds is 14. The van der Waals surface area contributed by atoms with E-state index in [9.17, 15) is 9.90 Å². The summed E-state index contributed by atoms with van der Waals surface area (Å²) in [6, 6.07) is 0. The molecule has 0 aromatic heterocycles. The van der Waals surface area contributed by atoms with Crippen molar-refractivity contribution in [2.24, 2.45) is 23.7 Å². The molecule has 0 bridgehead atoms. The van der Waals surface area contributed by atoms with Crippen molar-refractivity contribution in [2.75, 3.05) is 20.3 Å². The van der Waals surface area contributed by atoms with Crippen molar-refractivity contribution in [2.45, 2.75) is 96.6 Å². The first-order valence-corrected chi connectivity index (χ1v) is 12.9. The zero-order chi connectivity index (χ0) is 23.6. The Balaban J connectivity index is 1.96. The van der Waals surface area contributed by atoms with Crippen LogP contribution < -0.4 is 0 Å². The van der Waals surface area contributed by atoms with Gasteiger partial charge in [0.15, 0.2) is 5.79 Å². The third-order valence-corrected chi connectivity index (χ3v) is 7.72. The zero-order valence-corrected chi connectivity index (χ0v) is 21.6. The van der Waals surface area contributed by atoms with Gasteiger partial charge in [-0.05, 0) is 43.4 Å². The maximum atomic E-state index is 11.4. The van der Waals surface area contributed by atoms with E-state index in [0.717, 1.165) is 32.1 Å². The molecule has 1 saturated carbocycles. The highest BCUT2D eigenvalue weighted by atomic mass is 31.0. The zero-order valence-electron chi connectivity index (χ0n) is 20.5. The number of ether oxygens (including phenoxy) is 3. The third kappa shape index (κ3) is 7.77. The number of hydrogen-bond donors (Lipinski definition) is 1. The molecule has 1 aliphatic carbocycles. The van der Waals surface area contributed by atoms with Gasteiger partial charge in [-0.3, -0.25) is 4.79 Å². The van der Waals surface area contributed by atoms with Crippen molar-refractivity contribution in [1.82, 2.24) is 0 Å². The van der Waals surface area contributed by atoms with Crippen LogP contribution in [0, 0.1) is 23.7 Å². The van der Waals surface area contributed by atoms with Gasteiger partial charge in [-0.15, -0.1) is 0 Å². The van der Waals surface area contributed by atoms with Crippen molar-refractivity contribution in [3.63, 3.8) is 0 Å². The van der Waals surface area contributed by atoms with Crippen LogP contribution in [0.4, 0.5) is 0 Å². The summed E-state index contributed by atoms with van der Waals surface area (Å²) in [6.07, 6.45) is 11.8. The van der Waals surface area contributed by atoms with Gasteiger partial charge in [0.05, 0.1) is 32.5 Å². The molecule has 32 heavy (non-hydrogen) atoms. The number of aliphatic hydroxyl groups excluding tert-OH is 1. The Morgan fingerprint density at radius 2 is 1.97 bits per heavy atom. The minimum Gasteiger partial charge on any atom is -0.469 e. The molecule has 2 rings (SSSR count). The molecular formula is C25H45O6P. The van der Waals surface area contributed by atoms with Crippen molar-refractivity contribution >= 4 is 15.4 Å². The quantitative estimate of drug-likeness (QED) is 0.217. The highest BCUT2D eigenvalue weighted by molar-refractivity contribution is 7.09. The number of aliphatic hydroxyl groups is 1. The van der Waals surface area contributed by atoms with E-state index >= 15 is 0 Å². The molecule has 2 fully saturated rings. The highest BCUT2D eigenvalue weighted by Gasteiger charge is 2.46. The molecule has 186 valence electrons. The largest absolute Gasteiger partial charge is 0.469 e. The van der Waals surface area contributed by atoms with Gasteiger partial charge in [-0.25, -0.2) is 0 Å². The summed E-state index contributed by atoms with van der Waals surface area (Å²) in [5.41, 5.74) is 0. The predicted octanol–water partition coefficient (Wildman–Crippen LogP) is 5.04. The highest BCUT2D eigenvalue weighted by Crippen LogP contribution is 2.44. The lowest BCUT2D eigenvalue weighted by Crippen LogP contribution is -2.39. The summed E-state index contributed by atoms with van der Waals surface area (Å²) in [5, 5.41) is 10.8. The fraction of sp³-hybridized carbons (Fsp3) is 0.880. The number of carbonyl (C=O) groups is 1. The average Bonchev–Trinajstić information content (AvgIpc) is 3.38. The number of hydrogen-bond acceptors (Lipinski definition) is 6. The van der Waals surface area contributed by atoms with Crippen LogP contribution in [-0.2, 0) is 23.5 Å². The molecule has 1 saturated heterocycles. The van der Waals surface area contributed by atoms with E-state index in [4.69, 9.17) is 18.7 Å². The Morgan fingerprint density at radius 1 is 1.25 bits per heavy atom.